The lowest BCUT2D eigenvalue weighted by Crippen LogP contribution is -2.24. The Morgan fingerprint density at radius 2 is 2.14 bits per heavy atom. The fraction of sp³-hybridized carbons (Fsp3) is 0.300. The number of aromatic hydroxyl groups is 1. The summed E-state index contributed by atoms with van der Waals surface area (Å²) in [5, 5.41) is 18.7. The molecular weight excluding hydrogens is 184 g/mol. The zero-order valence-electron chi connectivity index (χ0n) is 7.80. The van der Waals surface area contributed by atoms with Crippen LogP contribution in [0.3, 0.4) is 0 Å². The zero-order valence-corrected chi connectivity index (χ0v) is 7.80. The van der Waals surface area contributed by atoms with Crippen molar-refractivity contribution in [2.45, 2.75) is 12.5 Å². The smallest absolute Gasteiger partial charge is 0.335 e. The molecule has 1 atom stereocenters. The van der Waals surface area contributed by atoms with Gasteiger partial charge in [-0.15, -0.1) is 0 Å². The summed E-state index contributed by atoms with van der Waals surface area (Å²) < 4.78 is 4.35. The van der Waals surface area contributed by atoms with Crippen molar-refractivity contribution < 1.29 is 19.7 Å². The summed E-state index contributed by atoms with van der Waals surface area (Å²) in [6.07, 6.45) is -1.17. The van der Waals surface area contributed by atoms with Crippen molar-refractivity contribution in [1.82, 2.24) is 0 Å². The second kappa shape index (κ2) is 4.62. The molecule has 0 heterocycles. The lowest BCUT2D eigenvalue weighted by molar-refractivity contribution is -0.150. The van der Waals surface area contributed by atoms with E-state index in [1.165, 1.54) is 13.2 Å². The highest BCUT2D eigenvalue weighted by Gasteiger charge is 2.17. The minimum absolute atomic E-state index is 0.0549. The fourth-order valence-corrected chi connectivity index (χ4v) is 1.11. The van der Waals surface area contributed by atoms with Crippen LogP contribution >= 0.6 is 0 Å². The number of phenols is 1. The largest absolute Gasteiger partial charge is 0.508 e. The third-order valence-corrected chi connectivity index (χ3v) is 1.88. The molecule has 0 amide bonds. The molecule has 2 N–H and O–H groups in total. The lowest BCUT2D eigenvalue weighted by atomic mass is 10.1. The van der Waals surface area contributed by atoms with Crippen LogP contribution in [-0.4, -0.2) is 29.4 Å². The highest BCUT2D eigenvalue weighted by Crippen LogP contribution is 2.17. The number of hydrogen-bond donors (Lipinski definition) is 2. The zero-order chi connectivity index (χ0) is 10.6. The molecule has 0 saturated heterocycles. The van der Waals surface area contributed by atoms with Crippen LogP contribution in [0.1, 0.15) is 5.56 Å². The quantitative estimate of drug-likeness (QED) is 0.689. The van der Waals surface area contributed by atoms with Crippen molar-refractivity contribution in [3.05, 3.63) is 29.8 Å². The van der Waals surface area contributed by atoms with Crippen LogP contribution in [0.5, 0.6) is 5.75 Å². The SMILES string of the molecule is COC(=O)C(O)Cc1ccccc1O. The first kappa shape index (κ1) is 10.5. The molecule has 0 bridgehead atoms. The van der Waals surface area contributed by atoms with Crippen molar-refractivity contribution in [3.8, 4) is 5.75 Å². The standard InChI is InChI=1S/C10H12O4/c1-14-10(13)9(12)6-7-4-2-3-5-8(7)11/h2-5,9,11-12H,6H2,1H3. The third kappa shape index (κ3) is 2.47. The van der Waals surface area contributed by atoms with E-state index in [1.807, 2.05) is 0 Å². The van der Waals surface area contributed by atoms with Crippen LogP contribution in [0.2, 0.25) is 0 Å². The molecule has 0 spiro atoms. The summed E-state index contributed by atoms with van der Waals surface area (Å²) in [4.78, 5) is 10.9. The van der Waals surface area contributed by atoms with Crippen molar-refractivity contribution in [1.29, 1.82) is 0 Å². The molecule has 0 aliphatic heterocycles. The molecule has 0 radical (unpaired) electrons. The number of phenolic OH excluding ortho intramolecular Hbond substituents is 1. The van der Waals surface area contributed by atoms with E-state index in [0.29, 0.717) is 5.56 Å². The van der Waals surface area contributed by atoms with Gasteiger partial charge in [-0.05, 0) is 11.6 Å². The molecule has 1 aromatic rings. The highest BCUT2D eigenvalue weighted by molar-refractivity contribution is 5.74. The summed E-state index contributed by atoms with van der Waals surface area (Å²) in [6.45, 7) is 0. The molecule has 0 aliphatic rings. The van der Waals surface area contributed by atoms with E-state index in [2.05, 4.69) is 4.74 Å². The number of para-hydroxylation sites is 1. The molecule has 0 fully saturated rings. The Labute approximate surface area is 81.8 Å². The number of methoxy groups -OCH3 is 1. The molecule has 1 aromatic carbocycles. The molecule has 0 aliphatic carbocycles. The average molecular weight is 196 g/mol. The topological polar surface area (TPSA) is 66.8 Å². The first-order valence-electron chi connectivity index (χ1n) is 4.18. The molecule has 4 nitrogen and oxygen atoms in total. The van der Waals surface area contributed by atoms with Gasteiger partial charge in [-0.2, -0.15) is 0 Å². The van der Waals surface area contributed by atoms with Crippen LogP contribution in [0.15, 0.2) is 24.3 Å². The Hall–Kier alpha value is -1.55. The van der Waals surface area contributed by atoms with Gasteiger partial charge in [0.25, 0.3) is 0 Å². The van der Waals surface area contributed by atoms with Gasteiger partial charge in [0.15, 0.2) is 6.10 Å². The second-order valence-electron chi connectivity index (χ2n) is 2.87. The number of hydrogen-bond acceptors (Lipinski definition) is 4. The Morgan fingerprint density at radius 1 is 1.50 bits per heavy atom. The Bertz CT molecular complexity index is 322. The van der Waals surface area contributed by atoms with Crippen LogP contribution in [0.25, 0.3) is 0 Å². The van der Waals surface area contributed by atoms with Gasteiger partial charge >= 0.3 is 5.97 Å². The summed E-state index contributed by atoms with van der Waals surface area (Å²) >= 11 is 0. The van der Waals surface area contributed by atoms with Gasteiger partial charge in [0, 0.05) is 6.42 Å². The highest BCUT2D eigenvalue weighted by atomic mass is 16.5. The van der Waals surface area contributed by atoms with Crippen molar-refractivity contribution in [2.75, 3.05) is 7.11 Å². The van der Waals surface area contributed by atoms with Crippen LogP contribution in [-0.2, 0) is 16.0 Å². The maximum absolute atomic E-state index is 10.9. The number of esters is 1. The van der Waals surface area contributed by atoms with Gasteiger partial charge in [0.05, 0.1) is 7.11 Å². The van der Waals surface area contributed by atoms with Crippen LogP contribution in [0, 0.1) is 0 Å². The van der Waals surface area contributed by atoms with Gasteiger partial charge in [0.2, 0.25) is 0 Å². The van der Waals surface area contributed by atoms with Gasteiger partial charge in [0.1, 0.15) is 5.75 Å². The van der Waals surface area contributed by atoms with Crippen molar-refractivity contribution >= 4 is 5.97 Å². The summed E-state index contributed by atoms with van der Waals surface area (Å²) in [5.41, 5.74) is 0.519. The van der Waals surface area contributed by atoms with Gasteiger partial charge < -0.3 is 14.9 Å². The average Bonchev–Trinajstić information content (AvgIpc) is 2.20. The number of aliphatic hydroxyl groups excluding tert-OH is 1. The maximum atomic E-state index is 10.9. The molecule has 1 unspecified atom stereocenters. The molecule has 0 saturated carbocycles. The van der Waals surface area contributed by atoms with E-state index in [0.717, 1.165) is 0 Å². The molecule has 76 valence electrons. The van der Waals surface area contributed by atoms with Crippen LogP contribution in [0.4, 0.5) is 0 Å². The second-order valence-corrected chi connectivity index (χ2v) is 2.87. The van der Waals surface area contributed by atoms with E-state index in [4.69, 9.17) is 0 Å². The van der Waals surface area contributed by atoms with Crippen molar-refractivity contribution in [3.63, 3.8) is 0 Å². The Kier molecular flexibility index (Phi) is 3.48. The minimum Gasteiger partial charge on any atom is -0.508 e. The Morgan fingerprint density at radius 3 is 2.71 bits per heavy atom. The number of carbonyl (C=O) groups is 1. The summed E-state index contributed by atoms with van der Waals surface area (Å²) in [6, 6.07) is 6.53. The predicted molar refractivity (Wildman–Crippen MR) is 49.8 cm³/mol. The minimum atomic E-state index is -1.23. The number of rotatable bonds is 3. The number of benzene rings is 1. The molecular formula is C10H12O4. The van der Waals surface area contributed by atoms with Gasteiger partial charge in [-0.1, -0.05) is 18.2 Å². The maximum Gasteiger partial charge on any atom is 0.335 e. The molecule has 4 heteroatoms. The number of ether oxygens (including phenoxy) is 1. The number of aliphatic hydroxyl groups is 1. The summed E-state index contributed by atoms with van der Waals surface area (Å²) in [5.74, 6) is -0.635. The number of carbonyl (C=O) groups excluding carboxylic acids is 1. The molecule has 0 aromatic heterocycles. The lowest BCUT2D eigenvalue weighted by Gasteiger charge is -2.08. The predicted octanol–water partition coefficient (Wildman–Crippen LogP) is 0.469. The normalized spacial score (nSPS) is 12.1. The fourth-order valence-electron chi connectivity index (χ4n) is 1.11. The van der Waals surface area contributed by atoms with Gasteiger partial charge in [-0.25, -0.2) is 4.79 Å². The third-order valence-electron chi connectivity index (χ3n) is 1.88. The molecule has 14 heavy (non-hydrogen) atoms. The van der Waals surface area contributed by atoms with Gasteiger partial charge in [-0.3, -0.25) is 0 Å². The first-order chi connectivity index (χ1) is 6.65. The monoisotopic (exact) mass is 196 g/mol. The molecule has 1 rings (SSSR count). The van der Waals surface area contributed by atoms with E-state index in [1.54, 1.807) is 18.2 Å². The van der Waals surface area contributed by atoms with Crippen molar-refractivity contribution in [2.24, 2.45) is 0 Å². The first-order valence-corrected chi connectivity index (χ1v) is 4.18. The summed E-state index contributed by atoms with van der Waals surface area (Å²) in [7, 11) is 1.20. The van der Waals surface area contributed by atoms with E-state index < -0.39 is 12.1 Å². The van der Waals surface area contributed by atoms with E-state index in [-0.39, 0.29) is 12.2 Å². The van der Waals surface area contributed by atoms with Crippen LogP contribution < -0.4 is 0 Å². The Balaban J connectivity index is 2.69. The van der Waals surface area contributed by atoms with E-state index in [9.17, 15) is 15.0 Å². The van der Waals surface area contributed by atoms with E-state index >= 15 is 0 Å².